The van der Waals surface area contributed by atoms with E-state index in [0.29, 0.717) is 0 Å². The van der Waals surface area contributed by atoms with Crippen LogP contribution in [0.2, 0.25) is 0 Å². The minimum absolute atomic E-state index is 0.0772. The molecule has 11 heteroatoms. The Morgan fingerprint density at radius 3 is 2.79 bits per heavy atom. The average molecular weight is 356 g/mol. The quantitative estimate of drug-likeness (QED) is 0.369. The topological polar surface area (TPSA) is 151 Å². The predicted molar refractivity (Wildman–Crippen MR) is 83.8 cm³/mol. The fraction of sp³-hybridized carbons (Fsp3) is 0.538. The van der Waals surface area contributed by atoms with Crippen LogP contribution in [-0.4, -0.2) is 65.5 Å². The van der Waals surface area contributed by atoms with Crippen LogP contribution in [0.3, 0.4) is 0 Å². The zero-order chi connectivity index (χ0) is 17.6. The first-order chi connectivity index (χ1) is 11.3. The number of ether oxygens (including phenoxy) is 1. The van der Waals surface area contributed by atoms with Crippen molar-refractivity contribution in [2.24, 2.45) is 0 Å². The van der Waals surface area contributed by atoms with Gasteiger partial charge in [-0.2, -0.15) is 0 Å². The molecule has 0 spiro atoms. The van der Waals surface area contributed by atoms with Crippen molar-refractivity contribution in [3.8, 4) is 0 Å². The Labute approximate surface area is 139 Å². The number of thioether (sulfide) groups is 1. The second-order valence-corrected chi connectivity index (χ2v) is 6.39. The molecule has 10 nitrogen and oxygen atoms in total. The smallest absolute Gasteiger partial charge is 0.279 e. The Morgan fingerprint density at radius 2 is 2.21 bits per heavy atom. The van der Waals surface area contributed by atoms with E-state index in [4.69, 9.17) is 4.74 Å². The van der Waals surface area contributed by atoms with Crippen LogP contribution >= 0.6 is 11.8 Å². The van der Waals surface area contributed by atoms with Gasteiger partial charge in [-0.15, -0.1) is 0 Å². The molecule has 1 fully saturated rings. The van der Waals surface area contributed by atoms with Gasteiger partial charge < -0.3 is 20.1 Å². The third-order valence-corrected chi connectivity index (χ3v) is 4.57. The van der Waals surface area contributed by atoms with Gasteiger partial charge in [-0.1, -0.05) is 11.8 Å². The van der Waals surface area contributed by atoms with Crippen molar-refractivity contribution in [2.75, 3.05) is 12.9 Å². The van der Waals surface area contributed by atoms with Gasteiger partial charge in [-0.25, -0.2) is 9.97 Å². The van der Waals surface area contributed by atoms with Gasteiger partial charge in [-0.3, -0.25) is 19.1 Å². The number of aliphatic hydroxyl groups is 3. The van der Waals surface area contributed by atoms with E-state index in [2.05, 4.69) is 15.0 Å². The van der Waals surface area contributed by atoms with Crippen LogP contribution in [0.5, 0.6) is 0 Å². The third-order valence-electron chi connectivity index (χ3n) is 3.99. The fourth-order valence-electron chi connectivity index (χ4n) is 2.69. The van der Waals surface area contributed by atoms with E-state index >= 15 is 0 Å². The average Bonchev–Trinajstić information content (AvgIpc) is 2.77. The zero-order valence-corrected chi connectivity index (χ0v) is 13.6. The molecule has 0 amide bonds. The summed E-state index contributed by atoms with van der Waals surface area (Å²) in [5.41, 5.74) is -3.27. The van der Waals surface area contributed by atoms with Crippen LogP contribution in [0.4, 0.5) is 0 Å². The van der Waals surface area contributed by atoms with Crippen molar-refractivity contribution < 1.29 is 20.1 Å². The fourth-order valence-corrected chi connectivity index (χ4v) is 3.07. The molecule has 130 valence electrons. The van der Waals surface area contributed by atoms with E-state index in [1.807, 2.05) is 0 Å². The van der Waals surface area contributed by atoms with Gasteiger partial charge in [0.05, 0.1) is 12.8 Å². The highest BCUT2D eigenvalue weighted by Crippen LogP contribution is 2.38. The minimum atomic E-state index is -1.88. The molecule has 1 aliphatic rings. The molecule has 0 radical (unpaired) electrons. The summed E-state index contributed by atoms with van der Waals surface area (Å²) in [4.78, 5) is 34.9. The van der Waals surface area contributed by atoms with E-state index in [9.17, 15) is 24.9 Å². The van der Waals surface area contributed by atoms with Gasteiger partial charge in [-0.05, 0) is 13.2 Å². The summed E-state index contributed by atoms with van der Waals surface area (Å²) in [6, 6.07) is 0. The zero-order valence-electron chi connectivity index (χ0n) is 12.8. The molecule has 2 aromatic heterocycles. The predicted octanol–water partition coefficient (Wildman–Crippen LogP) is -1.80. The second-order valence-electron chi connectivity index (χ2n) is 5.59. The number of aromatic amines is 1. The van der Waals surface area contributed by atoms with Gasteiger partial charge >= 0.3 is 0 Å². The van der Waals surface area contributed by atoms with Crippen molar-refractivity contribution in [3.63, 3.8) is 0 Å². The van der Waals surface area contributed by atoms with Crippen LogP contribution in [0.1, 0.15) is 13.2 Å². The highest BCUT2D eigenvalue weighted by molar-refractivity contribution is 7.98. The van der Waals surface area contributed by atoms with Gasteiger partial charge in [0.25, 0.3) is 11.1 Å². The molecule has 24 heavy (non-hydrogen) atoms. The normalized spacial score (nSPS) is 30.1. The lowest BCUT2D eigenvalue weighted by Crippen LogP contribution is -2.46. The minimum Gasteiger partial charge on any atom is -0.394 e. The number of nitrogens with zero attached hydrogens (tertiary/aromatic N) is 3. The molecule has 0 bridgehead atoms. The lowest BCUT2D eigenvalue weighted by Gasteiger charge is -2.28. The molecule has 0 saturated carbocycles. The summed E-state index contributed by atoms with van der Waals surface area (Å²) < 4.78 is 6.42. The van der Waals surface area contributed by atoms with Crippen LogP contribution in [-0.2, 0) is 4.74 Å². The second kappa shape index (κ2) is 5.93. The lowest BCUT2D eigenvalue weighted by atomic mass is 9.96. The molecule has 3 unspecified atom stereocenters. The summed E-state index contributed by atoms with van der Waals surface area (Å²) >= 11 is 1.16. The number of H-pyrrole nitrogens is 1. The molecule has 3 rings (SSSR count). The van der Waals surface area contributed by atoms with E-state index in [0.717, 1.165) is 22.5 Å². The standard InChI is InChI=1S/C13H16N4O6S/c1-13(22)8(20)5(4-18)23-11(13)17-6(19)3-14-7-9(17)15-12(24-2)16-10(7)21/h3,5,8,11,18,20,22H,4H2,1-2H3,(H,15,16,21)/t5?,8?,11?,13-/m1/s1. The molecule has 4 N–H and O–H groups in total. The van der Waals surface area contributed by atoms with Crippen LogP contribution in [0.15, 0.2) is 20.9 Å². The van der Waals surface area contributed by atoms with E-state index in [1.165, 1.54) is 6.92 Å². The van der Waals surface area contributed by atoms with Crippen molar-refractivity contribution in [1.82, 2.24) is 19.5 Å². The molecule has 1 saturated heterocycles. The largest absolute Gasteiger partial charge is 0.394 e. The lowest BCUT2D eigenvalue weighted by molar-refractivity contribution is -0.0964. The molecule has 0 aromatic carbocycles. The molecule has 4 atom stereocenters. The van der Waals surface area contributed by atoms with E-state index < -0.39 is 41.8 Å². The number of hydrogen-bond donors (Lipinski definition) is 4. The summed E-state index contributed by atoms with van der Waals surface area (Å²) in [5.74, 6) is 0. The van der Waals surface area contributed by atoms with Gasteiger partial charge in [0.15, 0.2) is 22.5 Å². The van der Waals surface area contributed by atoms with Crippen molar-refractivity contribution in [3.05, 3.63) is 26.9 Å². The van der Waals surface area contributed by atoms with E-state index in [-0.39, 0.29) is 16.3 Å². The Balaban J connectivity index is 2.30. The van der Waals surface area contributed by atoms with Gasteiger partial charge in [0.2, 0.25) is 0 Å². The maximum atomic E-state index is 12.3. The SMILES string of the molecule is CSc1nc2c(ncc(=O)n2C2OC(CO)C(O)[C@@]2(C)O)c(=O)[nH]1. The molecule has 1 aliphatic heterocycles. The Hall–Kier alpha value is -1.79. The Morgan fingerprint density at radius 1 is 1.50 bits per heavy atom. The van der Waals surface area contributed by atoms with E-state index in [1.54, 1.807) is 6.26 Å². The number of aromatic nitrogens is 4. The highest BCUT2D eigenvalue weighted by atomic mass is 32.2. The van der Waals surface area contributed by atoms with Crippen molar-refractivity contribution in [2.45, 2.75) is 36.1 Å². The maximum Gasteiger partial charge on any atom is 0.279 e. The van der Waals surface area contributed by atoms with Crippen LogP contribution in [0.25, 0.3) is 11.2 Å². The first-order valence-electron chi connectivity index (χ1n) is 7.03. The van der Waals surface area contributed by atoms with Crippen LogP contribution in [0, 0.1) is 0 Å². The summed E-state index contributed by atoms with van der Waals surface area (Å²) in [5, 5.41) is 30.2. The summed E-state index contributed by atoms with van der Waals surface area (Å²) in [7, 11) is 0. The number of nitrogens with one attached hydrogen (secondary N) is 1. The summed E-state index contributed by atoms with van der Waals surface area (Å²) in [6.45, 7) is 0.731. The molecule has 0 aliphatic carbocycles. The summed E-state index contributed by atoms with van der Waals surface area (Å²) in [6.07, 6.45) is -1.24. The Kier molecular flexibility index (Phi) is 4.21. The maximum absolute atomic E-state index is 12.3. The monoisotopic (exact) mass is 356 g/mol. The van der Waals surface area contributed by atoms with Crippen molar-refractivity contribution in [1.29, 1.82) is 0 Å². The Bertz CT molecular complexity index is 894. The number of rotatable bonds is 3. The van der Waals surface area contributed by atoms with Crippen LogP contribution < -0.4 is 11.1 Å². The molecular weight excluding hydrogens is 340 g/mol. The third kappa shape index (κ3) is 2.45. The molecular formula is C13H16N4O6S. The highest BCUT2D eigenvalue weighted by Gasteiger charge is 2.53. The van der Waals surface area contributed by atoms with Gasteiger partial charge in [0.1, 0.15) is 17.8 Å². The number of hydrogen-bond acceptors (Lipinski definition) is 9. The first kappa shape index (κ1) is 17.0. The molecule has 2 aromatic rings. The van der Waals surface area contributed by atoms with Crippen molar-refractivity contribution >= 4 is 22.9 Å². The first-order valence-corrected chi connectivity index (χ1v) is 8.26. The number of fused-ring (bicyclic) bond motifs is 1. The number of aliphatic hydroxyl groups excluding tert-OH is 2. The van der Waals surface area contributed by atoms with Gasteiger partial charge in [0, 0.05) is 0 Å². The molecule has 3 heterocycles.